The molecule has 1 unspecified atom stereocenters. The Morgan fingerprint density at radius 3 is 2.35 bits per heavy atom. The number of carbonyl (C=O) groups is 2. The smallest absolute Gasteiger partial charge is 0.410 e. The van der Waals surface area contributed by atoms with Gasteiger partial charge in [-0.15, -0.1) is 0 Å². The zero-order valence-corrected chi connectivity index (χ0v) is 14.1. The minimum absolute atomic E-state index is 0.0811. The summed E-state index contributed by atoms with van der Waals surface area (Å²) in [6, 6.07) is 15.8. The summed E-state index contributed by atoms with van der Waals surface area (Å²) in [5.74, 6) is -0.993. The molecule has 1 atom stereocenters. The van der Waals surface area contributed by atoms with Gasteiger partial charge in [-0.05, 0) is 42.7 Å². The van der Waals surface area contributed by atoms with Gasteiger partial charge in [0, 0.05) is 6.54 Å². The number of benzene rings is 2. The lowest BCUT2D eigenvalue weighted by molar-refractivity contribution is -0.141. The highest BCUT2D eigenvalue weighted by atomic mass is 16.6. The fraction of sp³-hybridized carbons (Fsp3) is 0.263. The highest BCUT2D eigenvalue weighted by Gasteiger charge is 2.34. The number of ether oxygens (including phenoxy) is 1. The zero-order chi connectivity index (χ0) is 18.4. The number of aliphatic carboxylic acids is 1. The van der Waals surface area contributed by atoms with Crippen LogP contribution < -0.4 is 0 Å². The first-order chi connectivity index (χ1) is 12.6. The van der Waals surface area contributed by atoms with Gasteiger partial charge in [0.1, 0.15) is 12.6 Å². The Bertz CT molecular complexity index is 790. The van der Waals surface area contributed by atoms with Crippen molar-refractivity contribution in [1.29, 1.82) is 0 Å². The van der Waals surface area contributed by atoms with Crippen molar-refractivity contribution in [1.82, 2.24) is 4.90 Å². The standard InChI is InChI=1S/C19H19N3O4/c23-18(24)17-7-4-12-22(17)19(25)26-13-14-8-10-16(11-9-14)21-20-15-5-2-1-3-6-15/h1-3,5-6,8-11,17H,4,7,12-13H2,(H,23,24). The highest BCUT2D eigenvalue weighted by molar-refractivity contribution is 5.80. The van der Waals surface area contributed by atoms with Gasteiger partial charge in [0.15, 0.2) is 0 Å². The second-order valence-corrected chi connectivity index (χ2v) is 5.95. The van der Waals surface area contributed by atoms with Crippen LogP contribution in [0.1, 0.15) is 18.4 Å². The average Bonchev–Trinajstić information content (AvgIpc) is 3.16. The normalized spacial score (nSPS) is 16.8. The molecule has 1 heterocycles. The summed E-state index contributed by atoms with van der Waals surface area (Å²) < 4.78 is 5.23. The van der Waals surface area contributed by atoms with Crippen LogP contribution in [0, 0.1) is 0 Å². The maximum absolute atomic E-state index is 12.1. The molecule has 2 aromatic carbocycles. The number of hydrogen-bond donors (Lipinski definition) is 1. The lowest BCUT2D eigenvalue weighted by Crippen LogP contribution is -2.40. The molecule has 1 aliphatic rings. The minimum Gasteiger partial charge on any atom is -0.480 e. The number of amides is 1. The Morgan fingerprint density at radius 2 is 1.69 bits per heavy atom. The number of carbonyl (C=O) groups excluding carboxylic acids is 1. The van der Waals surface area contributed by atoms with Gasteiger partial charge >= 0.3 is 12.1 Å². The van der Waals surface area contributed by atoms with Crippen LogP contribution in [0.5, 0.6) is 0 Å². The van der Waals surface area contributed by atoms with Crippen LogP contribution in [0.4, 0.5) is 16.2 Å². The minimum atomic E-state index is -0.993. The molecule has 1 amide bonds. The Kier molecular flexibility index (Phi) is 5.58. The molecular weight excluding hydrogens is 334 g/mol. The first-order valence-corrected chi connectivity index (χ1v) is 8.35. The molecule has 0 radical (unpaired) electrons. The summed E-state index contributed by atoms with van der Waals surface area (Å²) in [4.78, 5) is 24.5. The van der Waals surface area contributed by atoms with Crippen molar-refractivity contribution in [3.05, 3.63) is 60.2 Å². The van der Waals surface area contributed by atoms with E-state index in [4.69, 9.17) is 9.84 Å². The maximum atomic E-state index is 12.1. The van der Waals surface area contributed by atoms with Gasteiger partial charge in [0.2, 0.25) is 0 Å². The lowest BCUT2D eigenvalue weighted by atomic mass is 10.2. The van der Waals surface area contributed by atoms with Crippen LogP contribution in [0.2, 0.25) is 0 Å². The number of carboxylic acid groups (broad SMARTS) is 1. The molecule has 0 bridgehead atoms. The van der Waals surface area contributed by atoms with Crippen molar-refractivity contribution in [3.8, 4) is 0 Å². The summed E-state index contributed by atoms with van der Waals surface area (Å²) in [7, 11) is 0. The van der Waals surface area contributed by atoms with E-state index >= 15 is 0 Å². The van der Waals surface area contributed by atoms with Crippen LogP contribution in [-0.4, -0.2) is 34.7 Å². The molecule has 1 saturated heterocycles. The second kappa shape index (κ2) is 8.24. The molecular formula is C19H19N3O4. The van der Waals surface area contributed by atoms with Crippen molar-refractivity contribution in [2.24, 2.45) is 10.2 Å². The van der Waals surface area contributed by atoms with Gasteiger partial charge in [-0.1, -0.05) is 30.3 Å². The predicted octanol–water partition coefficient (Wildman–Crippen LogP) is 4.29. The molecule has 1 fully saturated rings. The van der Waals surface area contributed by atoms with Gasteiger partial charge in [-0.2, -0.15) is 10.2 Å². The van der Waals surface area contributed by atoms with Crippen LogP contribution in [0.3, 0.4) is 0 Å². The summed E-state index contributed by atoms with van der Waals surface area (Å²) >= 11 is 0. The number of hydrogen-bond acceptors (Lipinski definition) is 5. The van der Waals surface area contributed by atoms with E-state index in [1.165, 1.54) is 4.90 Å². The zero-order valence-electron chi connectivity index (χ0n) is 14.1. The quantitative estimate of drug-likeness (QED) is 0.812. The van der Waals surface area contributed by atoms with E-state index in [2.05, 4.69) is 10.2 Å². The Morgan fingerprint density at radius 1 is 1.04 bits per heavy atom. The van der Waals surface area contributed by atoms with E-state index in [1.54, 1.807) is 24.3 Å². The average molecular weight is 353 g/mol. The lowest BCUT2D eigenvalue weighted by Gasteiger charge is -2.20. The molecule has 1 N–H and O–H groups in total. The van der Waals surface area contributed by atoms with E-state index < -0.39 is 18.1 Å². The number of rotatable bonds is 5. The Balaban J connectivity index is 1.54. The second-order valence-electron chi connectivity index (χ2n) is 5.95. The summed E-state index contributed by atoms with van der Waals surface area (Å²) in [5.41, 5.74) is 2.25. The molecule has 0 aromatic heterocycles. The topological polar surface area (TPSA) is 91.6 Å². The molecule has 7 nitrogen and oxygen atoms in total. The van der Waals surface area contributed by atoms with Crippen LogP contribution in [-0.2, 0) is 16.1 Å². The summed E-state index contributed by atoms with van der Waals surface area (Å²) in [6.45, 7) is 0.492. The third-order valence-electron chi connectivity index (χ3n) is 4.11. The first-order valence-electron chi connectivity index (χ1n) is 8.35. The molecule has 1 aliphatic heterocycles. The molecule has 3 rings (SSSR count). The van der Waals surface area contributed by atoms with E-state index in [-0.39, 0.29) is 6.61 Å². The van der Waals surface area contributed by atoms with Crippen LogP contribution in [0.25, 0.3) is 0 Å². The summed E-state index contributed by atoms with van der Waals surface area (Å²) in [6.07, 6.45) is 0.543. The SMILES string of the molecule is O=C(O)C1CCCN1C(=O)OCc1ccc(N=Nc2ccccc2)cc1. The van der Waals surface area contributed by atoms with Crippen molar-refractivity contribution in [3.63, 3.8) is 0 Å². The molecule has 134 valence electrons. The van der Waals surface area contributed by atoms with Crippen molar-refractivity contribution >= 4 is 23.4 Å². The molecule has 26 heavy (non-hydrogen) atoms. The summed E-state index contributed by atoms with van der Waals surface area (Å²) in [5, 5.41) is 17.4. The fourth-order valence-electron chi connectivity index (χ4n) is 2.74. The third-order valence-corrected chi connectivity index (χ3v) is 4.11. The van der Waals surface area contributed by atoms with Crippen molar-refractivity contribution < 1.29 is 19.4 Å². The first kappa shape index (κ1) is 17.6. The van der Waals surface area contributed by atoms with Gasteiger partial charge in [0.25, 0.3) is 0 Å². The predicted molar refractivity (Wildman–Crippen MR) is 94.6 cm³/mol. The molecule has 0 aliphatic carbocycles. The maximum Gasteiger partial charge on any atom is 0.410 e. The van der Waals surface area contributed by atoms with Gasteiger partial charge in [-0.3, -0.25) is 4.90 Å². The third kappa shape index (κ3) is 4.44. The van der Waals surface area contributed by atoms with E-state index in [0.29, 0.717) is 25.1 Å². The molecule has 0 spiro atoms. The Labute approximate surface area is 150 Å². The van der Waals surface area contributed by atoms with Gasteiger partial charge in [-0.25, -0.2) is 9.59 Å². The fourth-order valence-corrected chi connectivity index (χ4v) is 2.74. The largest absolute Gasteiger partial charge is 0.480 e. The monoisotopic (exact) mass is 353 g/mol. The van der Waals surface area contributed by atoms with Crippen LogP contribution >= 0.6 is 0 Å². The number of likely N-dealkylation sites (tertiary alicyclic amines) is 1. The van der Waals surface area contributed by atoms with Crippen molar-refractivity contribution in [2.45, 2.75) is 25.5 Å². The van der Waals surface area contributed by atoms with E-state index in [9.17, 15) is 9.59 Å². The molecule has 7 heteroatoms. The van der Waals surface area contributed by atoms with Gasteiger partial charge < -0.3 is 9.84 Å². The number of nitrogens with zero attached hydrogens (tertiary/aromatic N) is 3. The van der Waals surface area contributed by atoms with E-state index in [1.807, 2.05) is 30.3 Å². The van der Waals surface area contributed by atoms with E-state index in [0.717, 1.165) is 11.3 Å². The molecule has 2 aromatic rings. The number of azo groups is 1. The molecule has 0 saturated carbocycles. The van der Waals surface area contributed by atoms with Crippen LogP contribution in [0.15, 0.2) is 64.8 Å². The Hall–Kier alpha value is -3.22. The highest BCUT2D eigenvalue weighted by Crippen LogP contribution is 2.20. The van der Waals surface area contributed by atoms with Crippen molar-refractivity contribution in [2.75, 3.05) is 6.54 Å². The number of carboxylic acids is 1. The van der Waals surface area contributed by atoms with Gasteiger partial charge in [0.05, 0.1) is 11.4 Å².